The number of carbonyl (C=O) groups excluding carboxylic acids is 1. The highest BCUT2D eigenvalue weighted by molar-refractivity contribution is 9.11. The van der Waals surface area contributed by atoms with E-state index in [1.165, 1.54) is 11.3 Å². The van der Waals surface area contributed by atoms with Crippen molar-refractivity contribution < 1.29 is 4.79 Å². The Morgan fingerprint density at radius 2 is 2.13 bits per heavy atom. The molecule has 2 aromatic rings. The SMILES string of the molecule is CN(CCC#N)c1ccc(C=NNC(=O)c2ccc(Br)s2)cc1. The first-order valence-electron chi connectivity index (χ1n) is 6.87. The van der Waals surface area contributed by atoms with Crippen molar-refractivity contribution in [3.05, 3.63) is 50.6 Å². The molecular formula is C16H15BrN4OS. The fourth-order valence-corrected chi connectivity index (χ4v) is 3.09. The molecule has 0 aliphatic rings. The number of thiophene rings is 1. The molecule has 0 radical (unpaired) electrons. The molecule has 7 heteroatoms. The molecule has 5 nitrogen and oxygen atoms in total. The third-order valence-corrected chi connectivity index (χ3v) is 4.69. The number of hydrazone groups is 1. The molecule has 1 aromatic heterocycles. The van der Waals surface area contributed by atoms with Crippen molar-refractivity contribution >= 4 is 45.1 Å². The number of hydrogen-bond donors (Lipinski definition) is 1. The molecule has 1 aromatic carbocycles. The van der Waals surface area contributed by atoms with E-state index >= 15 is 0 Å². The molecule has 1 N–H and O–H groups in total. The lowest BCUT2D eigenvalue weighted by molar-refractivity contribution is 0.0959. The molecule has 1 heterocycles. The first-order valence-corrected chi connectivity index (χ1v) is 8.48. The van der Waals surface area contributed by atoms with Crippen LogP contribution in [0.3, 0.4) is 0 Å². The Labute approximate surface area is 147 Å². The van der Waals surface area contributed by atoms with Crippen molar-refractivity contribution in [2.24, 2.45) is 5.10 Å². The smallest absolute Gasteiger partial charge is 0.281 e. The van der Waals surface area contributed by atoms with Gasteiger partial charge >= 0.3 is 0 Å². The maximum atomic E-state index is 11.8. The van der Waals surface area contributed by atoms with Gasteiger partial charge in [0.1, 0.15) is 0 Å². The van der Waals surface area contributed by atoms with Gasteiger partial charge in [0, 0.05) is 19.3 Å². The van der Waals surface area contributed by atoms with Gasteiger partial charge < -0.3 is 4.90 Å². The van der Waals surface area contributed by atoms with E-state index in [0.717, 1.165) is 15.0 Å². The normalized spacial score (nSPS) is 10.5. The monoisotopic (exact) mass is 390 g/mol. The summed E-state index contributed by atoms with van der Waals surface area (Å²) in [6.07, 6.45) is 2.09. The fourth-order valence-electron chi connectivity index (χ4n) is 1.82. The number of benzene rings is 1. The molecule has 1 amide bonds. The van der Waals surface area contributed by atoms with Gasteiger partial charge in [-0.25, -0.2) is 5.43 Å². The summed E-state index contributed by atoms with van der Waals surface area (Å²) in [6, 6.07) is 13.4. The summed E-state index contributed by atoms with van der Waals surface area (Å²) in [5.74, 6) is -0.232. The molecule has 0 saturated heterocycles. The maximum absolute atomic E-state index is 11.8. The first kappa shape index (κ1) is 17.2. The second-order valence-electron chi connectivity index (χ2n) is 4.72. The van der Waals surface area contributed by atoms with Gasteiger partial charge in [0.25, 0.3) is 5.91 Å². The van der Waals surface area contributed by atoms with Crippen LogP contribution < -0.4 is 10.3 Å². The summed E-state index contributed by atoms with van der Waals surface area (Å²) in [5.41, 5.74) is 4.42. The lowest BCUT2D eigenvalue weighted by atomic mass is 10.2. The maximum Gasteiger partial charge on any atom is 0.281 e. The van der Waals surface area contributed by atoms with E-state index in [1.54, 1.807) is 12.3 Å². The number of nitrogens with zero attached hydrogens (tertiary/aromatic N) is 3. The Morgan fingerprint density at radius 3 is 2.74 bits per heavy atom. The molecule has 23 heavy (non-hydrogen) atoms. The quantitative estimate of drug-likeness (QED) is 0.604. The molecule has 0 aliphatic carbocycles. The van der Waals surface area contributed by atoms with Gasteiger partial charge in [-0.3, -0.25) is 4.79 Å². The van der Waals surface area contributed by atoms with E-state index in [9.17, 15) is 4.79 Å². The minimum atomic E-state index is -0.232. The number of amides is 1. The van der Waals surface area contributed by atoms with Crippen LogP contribution in [0.4, 0.5) is 5.69 Å². The molecule has 0 saturated carbocycles. The number of rotatable bonds is 6. The van der Waals surface area contributed by atoms with Crippen molar-refractivity contribution in [1.29, 1.82) is 5.26 Å². The summed E-state index contributed by atoms with van der Waals surface area (Å²) in [6.45, 7) is 0.691. The summed E-state index contributed by atoms with van der Waals surface area (Å²) < 4.78 is 0.905. The minimum Gasteiger partial charge on any atom is -0.374 e. The summed E-state index contributed by atoms with van der Waals surface area (Å²) in [7, 11) is 1.94. The van der Waals surface area contributed by atoms with Crippen molar-refractivity contribution in [3.8, 4) is 6.07 Å². The molecule has 0 aliphatic heterocycles. The molecule has 2 rings (SSSR count). The zero-order valence-electron chi connectivity index (χ0n) is 12.5. The van der Waals surface area contributed by atoms with Crippen LogP contribution in [0.5, 0.6) is 0 Å². The van der Waals surface area contributed by atoms with Gasteiger partial charge in [-0.15, -0.1) is 11.3 Å². The van der Waals surface area contributed by atoms with Crippen LogP contribution in [-0.4, -0.2) is 25.7 Å². The molecule has 0 atom stereocenters. The van der Waals surface area contributed by atoms with Crippen molar-refractivity contribution in [3.63, 3.8) is 0 Å². The first-order chi connectivity index (χ1) is 11.1. The largest absolute Gasteiger partial charge is 0.374 e. The number of carbonyl (C=O) groups is 1. The highest BCUT2D eigenvalue weighted by atomic mass is 79.9. The summed E-state index contributed by atoms with van der Waals surface area (Å²) >= 11 is 4.67. The van der Waals surface area contributed by atoms with Crippen molar-refractivity contribution in [1.82, 2.24) is 5.43 Å². The summed E-state index contributed by atoms with van der Waals surface area (Å²) in [5, 5.41) is 12.6. The van der Waals surface area contributed by atoms with Crippen molar-refractivity contribution in [2.75, 3.05) is 18.5 Å². The Balaban J connectivity index is 1.90. The lowest BCUT2D eigenvalue weighted by Gasteiger charge is -2.17. The number of hydrogen-bond acceptors (Lipinski definition) is 5. The summed E-state index contributed by atoms with van der Waals surface area (Å²) in [4.78, 5) is 14.4. The van der Waals surface area contributed by atoms with Gasteiger partial charge in [0.15, 0.2) is 0 Å². The Morgan fingerprint density at radius 1 is 1.39 bits per heavy atom. The van der Waals surface area contributed by atoms with Gasteiger partial charge in [-0.1, -0.05) is 12.1 Å². The van der Waals surface area contributed by atoms with Gasteiger partial charge in [0.05, 0.1) is 27.4 Å². The Kier molecular flexibility index (Phi) is 6.32. The fraction of sp³-hybridized carbons (Fsp3) is 0.188. The number of halogens is 1. The Bertz CT molecular complexity index is 733. The zero-order chi connectivity index (χ0) is 16.7. The van der Waals surface area contributed by atoms with Crippen molar-refractivity contribution in [2.45, 2.75) is 6.42 Å². The zero-order valence-corrected chi connectivity index (χ0v) is 14.9. The topological polar surface area (TPSA) is 68.5 Å². The highest BCUT2D eigenvalue weighted by Crippen LogP contribution is 2.21. The third-order valence-electron chi connectivity index (χ3n) is 3.07. The predicted molar refractivity (Wildman–Crippen MR) is 97.0 cm³/mol. The van der Waals surface area contributed by atoms with Crippen LogP contribution in [0.2, 0.25) is 0 Å². The Hall–Kier alpha value is -2.17. The van der Waals surface area contributed by atoms with Crippen LogP contribution in [-0.2, 0) is 0 Å². The second kappa shape index (κ2) is 8.46. The molecular weight excluding hydrogens is 376 g/mol. The number of nitrogens with one attached hydrogen (secondary N) is 1. The van der Waals surface area contributed by atoms with Gasteiger partial charge in [-0.2, -0.15) is 10.4 Å². The average molecular weight is 391 g/mol. The lowest BCUT2D eigenvalue weighted by Crippen LogP contribution is -2.18. The van der Waals surface area contributed by atoms with E-state index < -0.39 is 0 Å². The highest BCUT2D eigenvalue weighted by Gasteiger charge is 2.06. The molecule has 118 valence electrons. The molecule has 0 fully saturated rings. The van der Waals surface area contributed by atoms with Crippen LogP contribution in [0.25, 0.3) is 0 Å². The van der Waals surface area contributed by atoms with E-state index in [4.69, 9.17) is 5.26 Å². The minimum absolute atomic E-state index is 0.232. The average Bonchev–Trinajstić information content (AvgIpc) is 2.99. The van der Waals surface area contributed by atoms with Gasteiger partial charge in [-0.05, 0) is 45.8 Å². The van der Waals surface area contributed by atoms with Crippen LogP contribution in [0.15, 0.2) is 45.3 Å². The molecule has 0 spiro atoms. The van der Waals surface area contributed by atoms with E-state index in [0.29, 0.717) is 17.8 Å². The van der Waals surface area contributed by atoms with E-state index in [1.807, 2.05) is 42.3 Å². The second-order valence-corrected chi connectivity index (χ2v) is 7.19. The van der Waals surface area contributed by atoms with Crippen LogP contribution in [0, 0.1) is 11.3 Å². The number of nitriles is 1. The molecule has 0 unspecified atom stereocenters. The van der Waals surface area contributed by atoms with Crippen LogP contribution >= 0.6 is 27.3 Å². The molecule has 0 bridgehead atoms. The van der Waals surface area contributed by atoms with Crippen LogP contribution in [0.1, 0.15) is 21.7 Å². The van der Waals surface area contributed by atoms with E-state index in [-0.39, 0.29) is 5.91 Å². The standard InChI is InChI=1S/C16H15BrN4OS/c1-21(10-2-9-18)13-5-3-12(4-6-13)11-19-20-16(22)14-7-8-15(17)23-14/h3-8,11H,2,10H2,1H3,(H,20,22). The number of anilines is 1. The third kappa shape index (κ3) is 5.20. The van der Waals surface area contributed by atoms with Gasteiger partial charge in [0.2, 0.25) is 0 Å². The predicted octanol–water partition coefficient (Wildman–Crippen LogP) is 3.62. The van der Waals surface area contributed by atoms with E-state index in [2.05, 4.69) is 32.5 Å².